The maximum Gasteiger partial charge on any atom is 0.354 e. The average molecular weight is 234 g/mol. The highest BCUT2D eigenvalue weighted by atomic mass is 32.1. The van der Waals surface area contributed by atoms with Gasteiger partial charge in [0.15, 0.2) is 5.69 Å². The molecule has 2 aromatic rings. The molecule has 1 aliphatic rings. The molecule has 0 radical (unpaired) electrons. The highest BCUT2D eigenvalue weighted by molar-refractivity contribution is 7.13. The fourth-order valence-electron chi connectivity index (χ4n) is 1.80. The second kappa shape index (κ2) is 3.45. The number of aromatic carboxylic acids is 1. The molecule has 0 aromatic carbocycles. The highest BCUT2D eigenvalue weighted by Crippen LogP contribution is 2.38. The lowest BCUT2D eigenvalue weighted by molar-refractivity contribution is 0.0686. The van der Waals surface area contributed by atoms with E-state index in [1.807, 2.05) is 17.5 Å². The molecule has 1 saturated carbocycles. The molecule has 2 heterocycles. The van der Waals surface area contributed by atoms with Crippen molar-refractivity contribution in [2.75, 3.05) is 0 Å². The average Bonchev–Trinajstić information content (AvgIpc) is 2.83. The van der Waals surface area contributed by atoms with Crippen LogP contribution in [0.25, 0.3) is 10.6 Å². The molecule has 16 heavy (non-hydrogen) atoms. The minimum atomic E-state index is -0.896. The van der Waals surface area contributed by atoms with Gasteiger partial charge in [0.25, 0.3) is 0 Å². The molecule has 82 valence electrons. The normalized spacial score (nSPS) is 15.2. The predicted octanol–water partition coefficient (Wildman–Crippen LogP) is 2.64. The van der Waals surface area contributed by atoms with Crippen molar-refractivity contribution in [2.45, 2.75) is 18.9 Å². The second-order valence-electron chi connectivity index (χ2n) is 3.86. The SMILES string of the molecule is O=C(O)c1c(-c2cccs2)ncn1C1CC1. The Kier molecular flexibility index (Phi) is 2.07. The topological polar surface area (TPSA) is 55.1 Å². The van der Waals surface area contributed by atoms with E-state index in [1.54, 1.807) is 10.9 Å². The lowest BCUT2D eigenvalue weighted by Crippen LogP contribution is -2.07. The van der Waals surface area contributed by atoms with Crippen LogP contribution in [0.3, 0.4) is 0 Å². The molecule has 0 unspecified atom stereocenters. The molecule has 3 rings (SSSR count). The van der Waals surface area contributed by atoms with Crippen molar-refractivity contribution in [1.82, 2.24) is 9.55 Å². The largest absolute Gasteiger partial charge is 0.477 e. The Morgan fingerprint density at radius 2 is 2.38 bits per heavy atom. The standard InChI is InChI=1S/C11H10N2O2S/c14-11(15)10-9(8-2-1-5-16-8)12-6-13(10)7-3-4-7/h1-2,5-7H,3-4H2,(H,14,15). The lowest BCUT2D eigenvalue weighted by Gasteiger charge is -2.02. The summed E-state index contributed by atoms with van der Waals surface area (Å²) in [7, 11) is 0. The molecule has 1 fully saturated rings. The fraction of sp³-hybridized carbons (Fsp3) is 0.273. The zero-order valence-electron chi connectivity index (χ0n) is 8.46. The molecule has 0 saturated heterocycles. The van der Waals surface area contributed by atoms with Gasteiger partial charge in [-0.3, -0.25) is 0 Å². The summed E-state index contributed by atoms with van der Waals surface area (Å²) in [5, 5.41) is 11.2. The van der Waals surface area contributed by atoms with Gasteiger partial charge in [-0.25, -0.2) is 9.78 Å². The molecule has 5 heteroatoms. The number of imidazole rings is 1. The quantitative estimate of drug-likeness (QED) is 0.888. The van der Waals surface area contributed by atoms with Crippen LogP contribution in [0.2, 0.25) is 0 Å². The van der Waals surface area contributed by atoms with Gasteiger partial charge in [-0.2, -0.15) is 0 Å². The Bertz CT molecular complexity index is 526. The van der Waals surface area contributed by atoms with Gasteiger partial charge in [0, 0.05) is 6.04 Å². The van der Waals surface area contributed by atoms with E-state index < -0.39 is 5.97 Å². The van der Waals surface area contributed by atoms with E-state index in [1.165, 1.54) is 11.3 Å². The third-order valence-corrected chi connectivity index (χ3v) is 3.57. The first-order chi connectivity index (χ1) is 7.77. The van der Waals surface area contributed by atoms with Gasteiger partial charge < -0.3 is 9.67 Å². The zero-order valence-corrected chi connectivity index (χ0v) is 9.28. The van der Waals surface area contributed by atoms with Crippen molar-refractivity contribution in [3.63, 3.8) is 0 Å². The lowest BCUT2D eigenvalue weighted by atomic mass is 10.2. The van der Waals surface area contributed by atoms with Gasteiger partial charge in [-0.15, -0.1) is 11.3 Å². The number of thiophene rings is 1. The van der Waals surface area contributed by atoms with Crippen LogP contribution < -0.4 is 0 Å². The second-order valence-corrected chi connectivity index (χ2v) is 4.81. The van der Waals surface area contributed by atoms with Gasteiger partial charge in [0.1, 0.15) is 5.69 Å². The molecule has 0 atom stereocenters. The van der Waals surface area contributed by atoms with Gasteiger partial charge in [-0.05, 0) is 24.3 Å². The molecule has 0 amide bonds. The summed E-state index contributed by atoms with van der Waals surface area (Å²) in [6, 6.07) is 4.14. The van der Waals surface area contributed by atoms with E-state index in [0.717, 1.165) is 17.7 Å². The predicted molar refractivity (Wildman–Crippen MR) is 60.8 cm³/mol. The Labute approximate surface area is 96.2 Å². The first kappa shape index (κ1) is 9.59. The summed E-state index contributed by atoms with van der Waals surface area (Å²) in [5.74, 6) is -0.896. The van der Waals surface area contributed by atoms with Gasteiger partial charge in [0.2, 0.25) is 0 Å². The van der Waals surface area contributed by atoms with Crippen LogP contribution >= 0.6 is 11.3 Å². The van der Waals surface area contributed by atoms with Crippen LogP contribution in [0, 0.1) is 0 Å². The van der Waals surface area contributed by atoms with Crippen molar-refractivity contribution in [3.8, 4) is 10.6 Å². The molecular weight excluding hydrogens is 224 g/mol. The Balaban J connectivity index is 2.14. The molecule has 4 nitrogen and oxygen atoms in total. The van der Waals surface area contributed by atoms with Crippen LogP contribution in [0.5, 0.6) is 0 Å². The minimum Gasteiger partial charge on any atom is -0.477 e. The summed E-state index contributed by atoms with van der Waals surface area (Å²) in [5.41, 5.74) is 0.916. The molecule has 1 aliphatic carbocycles. The Morgan fingerprint density at radius 1 is 1.56 bits per heavy atom. The number of rotatable bonds is 3. The van der Waals surface area contributed by atoms with Crippen LogP contribution in [-0.4, -0.2) is 20.6 Å². The number of hydrogen-bond donors (Lipinski definition) is 1. The number of carboxylic acids is 1. The molecule has 0 bridgehead atoms. The molecule has 0 aliphatic heterocycles. The number of carbonyl (C=O) groups is 1. The number of carboxylic acid groups (broad SMARTS) is 1. The van der Waals surface area contributed by atoms with E-state index in [9.17, 15) is 9.90 Å². The van der Waals surface area contributed by atoms with Crippen molar-refractivity contribution in [1.29, 1.82) is 0 Å². The highest BCUT2D eigenvalue weighted by Gasteiger charge is 2.30. The van der Waals surface area contributed by atoms with Crippen LogP contribution in [-0.2, 0) is 0 Å². The van der Waals surface area contributed by atoms with E-state index in [0.29, 0.717) is 17.4 Å². The van der Waals surface area contributed by atoms with E-state index >= 15 is 0 Å². The van der Waals surface area contributed by atoms with Gasteiger partial charge in [-0.1, -0.05) is 6.07 Å². The van der Waals surface area contributed by atoms with E-state index in [-0.39, 0.29) is 0 Å². The number of aromatic nitrogens is 2. The van der Waals surface area contributed by atoms with Crippen molar-refractivity contribution < 1.29 is 9.90 Å². The van der Waals surface area contributed by atoms with Crippen LogP contribution in [0.1, 0.15) is 29.4 Å². The van der Waals surface area contributed by atoms with E-state index in [2.05, 4.69) is 4.98 Å². The molecular formula is C11H10N2O2S. The number of hydrogen-bond acceptors (Lipinski definition) is 3. The summed E-state index contributed by atoms with van der Waals surface area (Å²) in [6.45, 7) is 0. The summed E-state index contributed by atoms with van der Waals surface area (Å²) >= 11 is 1.51. The maximum absolute atomic E-state index is 11.3. The Hall–Kier alpha value is -1.62. The van der Waals surface area contributed by atoms with Gasteiger partial charge in [0.05, 0.1) is 11.2 Å². The minimum absolute atomic E-state index is 0.324. The van der Waals surface area contributed by atoms with Crippen molar-refractivity contribution in [3.05, 3.63) is 29.5 Å². The molecule has 1 N–H and O–H groups in total. The van der Waals surface area contributed by atoms with Crippen LogP contribution in [0.4, 0.5) is 0 Å². The fourth-order valence-corrected chi connectivity index (χ4v) is 2.52. The summed E-state index contributed by atoms with van der Waals surface area (Å²) in [6.07, 6.45) is 3.76. The first-order valence-electron chi connectivity index (χ1n) is 5.11. The van der Waals surface area contributed by atoms with Gasteiger partial charge >= 0.3 is 5.97 Å². The van der Waals surface area contributed by atoms with E-state index in [4.69, 9.17) is 0 Å². The third-order valence-electron chi connectivity index (χ3n) is 2.69. The molecule has 0 spiro atoms. The summed E-state index contributed by atoms with van der Waals surface area (Å²) < 4.78 is 1.79. The number of nitrogens with zero attached hydrogens (tertiary/aromatic N) is 2. The smallest absolute Gasteiger partial charge is 0.354 e. The van der Waals surface area contributed by atoms with Crippen molar-refractivity contribution in [2.24, 2.45) is 0 Å². The monoisotopic (exact) mass is 234 g/mol. The Morgan fingerprint density at radius 3 is 2.94 bits per heavy atom. The van der Waals surface area contributed by atoms with Crippen molar-refractivity contribution >= 4 is 17.3 Å². The first-order valence-corrected chi connectivity index (χ1v) is 5.99. The zero-order chi connectivity index (χ0) is 11.1. The van der Waals surface area contributed by atoms with Crippen LogP contribution in [0.15, 0.2) is 23.8 Å². The third kappa shape index (κ3) is 1.44. The molecule has 2 aromatic heterocycles. The maximum atomic E-state index is 11.3. The summed E-state index contributed by atoms with van der Waals surface area (Å²) in [4.78, 5) is 16.4.